The predicted octanol–water partition coefficient (Wildman–Crippen LogP) is -0.956. The van der Waals surface area contributed by atoms with Crippen molar-refractivity contribution in [2.24, 2.45) is 5.73 Å². The van der Waals surface area contributed by atoms with E-state index >= 15 is 0 Å². The van der Waals surface area contributed by atoms with Gasteiger partial charge in [-0.2, -0.15) is 5.26 Å². The van der Waals surface area contributed by atoms with Gasteiger partial charge in [0.25, 0.3) is 0 Å². The topological polar surface area (TPSA) is 56.3 Å². The monoisotopic (exact) mass is 154 g/mol. The van der Waals surface area contributed by atoms with Crippen LogP contribution in [0.15, 0.2) is 0 Å². The second-order valence-electron chi connectivity index (χ2n) is 2.72. The highest BCUT2D eigenvalue weighted by atomic mass is 15.3. The first-order chi connectivity index (χ1) is 5.36. The van der Waals surface area contributed by atoms with E-state index in [9.17, 15) is 0 Å². The van der Waals surface area contributed by atoms with E-state index in [2.05, 4.69) is 11.1 Å². The highest BCUT2D eigenvalue weighted by Crippen LogP contribution is 1.98. The van der Waals surface area contributed by atoms with Crippen molar-refractivity contribution in [3.05, 3.63) is 0 Å². The molecule has 1 aliphatic rings. The summed E-state index contributed by atoms with van der Waals surface area (Å²) >= 11 is 0. The van der Waals surface area contributed by atoms with Crippen molar-refractivity contribution in [2.75, 3.05) is 39.3 Å². The van der Waals surface area contributed by atoms with Crippen molar-refractivity contribution in [1.82, 2.24) is 9.80 Å². The first-order valence-corrected chi connectivity index (χ1v) is 3.94. The maximum atomic E-state index is 8.54. The molecular formula is C7H14N4. The molecular weight excluding hydrogens is 140 g/mol. The number of rotatable bonds is 2. The van der Waals surface area contributed by atoms with E-state index in [0.29, 0.717) is 6.54 Å². The molecule has 0 unspecified atom stereocenters. The third-order valence-electron chi connectivity index (χ3n) is 1.96. The first kappa shape index (κ1) is 8.31. The van der Waals surface area contributed by atoms with Gasteiger partial charge in [-0.15, -0.1) is 0 Å². The highest BCUT2D eigenvalue weighted by molar-refractivity contribution is 4.80. The first-order valence-electron chi connectivity index (χ1n) is 3.94. The van der Waals surface area contributed by atoms with Gasteiger partial charge in [-0.05, 0) is 0 Å². The van der Waals surface area contributed by atoms with Gasteiger partial charge >= 0.3 is 0 Å². The fourth-order valence-electron chi connectivity index (χ4n) is 1.25. The van der Waals surface area contributed by atoms with E-state index in [0.717, 1.165) is 32.7 Å². The lowest BCUT2D eigenvalue weighted by Gasteiger charge is -2.30. The number of nitriles is 1. The largest absolute Gasteiger partial charge is 0.329 e. The molecule has 0 aromatic carbocycles. The van der Waals surface area contributed by atoms with Gasteiger partial charge in [0.2, 0.25) is 0 Å². The Morgan fingerprint density at radius 3 is 2.36 bits per heavy atom. The maximum absolute atomic E-state index is 8.54. The van der Waals surface area contributed by atoms with Crippen LogP contribution in [0.5, 0.6) is 0 Å². The Morgan fingerprint density at radius 2 is 1.91 bits per heavy atom. The normalized spacial score (nSPS) is 19.8. The van der Waals surface area contributed by atoms with Gasteiger partial charge in [0.05, 0.1) is 0 Å². The van der Waals surface area contributed by atoms with E-state index in [1.165, 1.54) is 0 Å². The third-order valence-corrected chi connectivity index (χ3v) is 1.96. The summed E-state index contributed by atoms with van der Waals surface area (Å²) in [7, 11) is 0. The molecule has 1 rings (SSSR count). The lowest BCUT2D eigenvalue weighted by atomic mass is 10.3. The molecule has 4 heteroatoms. The fourth-order valence-corrected chi connectivity index (χ4v) is 1.25. The summed E-state index contributed by atoms with van der Waals surface area (Å²) in [5, 5.41) is 8.54. The molecule has 0 aromatic rings. The van der Waals surface area contributed by atoms with Crippen LogP contribution in [0.2, 0.25) is 0 Å². The Bertz CT molecular complexity index is 143. The Morgan fingerprint density at radius 1 is 1.27 bits per heavy atom. The molecule has 11 heavy (non-hydrogen) atoms. The van der Waals surface area contributed by atoms with Gasteiger partial charge in [-0.3, -0.25) is 4.90 Å². The second kappa shape index (κ2) is 4.16. The molecule has 4 nitrogen and oxygen atoms in total. The van der Waals surface area contributed by atoms with Crippen LogP contribution in [0.4, 0.5) is 0 Å². The van der Waals surface area contributed by atoms with Crippen molar-refractivity contribution in [3.63, 3.8) is 0 Å². The van der Waals surface area contributed by atoms with E-state index in [1.54, 1.807) is 4.90 Å². The lowest BCUT2D eigenvalue weighted by molar-refractivity contribution is 0.178. The lowest BCUT2D eigenvalue weighted by Crippen LogP contribution is -2.45. The summed E-state index contributed by atoms with van der Waals surface area (Å²) < 4.78 is 0. The van der Waals surface area contributed by atoms with Crippen LogP contribution >= 0.6 is 0 Å². The minimum absolute atomic E-state index is 0.715. The van der Waals surface area contributed by atoms with Gasteiger partial charge < -0.3 is 10.6 Å². The third kappa shape index (κ3) is 2.37. The molecule has 0 bridgehead atoms. The number of hydrogen-bond donors (Lipinski definition) is 1. The molecule has 1 heterocycles. The highest BCUT2D eigenvalue weighted by Gasteiger charge is 2.13. The van der Waals surface area contributed by atoms with Gasteiger partial charge in [0.15, 0.2) is 6.19 Å². The average Bonchev–Trinajstić information content (AvgIpc) is 2.07. The zero-order chi connectivity index (χ0) is 8.10. The van der Waals surface area contributed by atoms with Gasteiger partial charge in [0.1, 0.15) is 0 Å². The molecule has 0 atom stereocenters. The molecule has 62 valence electrons. The van der Waals surface area contributed by atoms with Crippen LogP contribution in [0.1, 0.15) is 0 Å². The van der Waals surface area contributed by atoms with Crippen LogP contribution in [-0.2, 0) is 0 Å². The van der Waals surface area contributed by atoms with E-state index in [-0.39, 0.29) is 0 Å². The Kier molecular flexibility index (Phi) is 3.14. The Balaban J connectivity index is 2.20. The predicted molar refractivity (Wildman–Crippen MR) is 42.7 cm³/mol. The van der Waals surface area contributed by atoms with Crippen LogP contribution in [-0.4, -0.2) is 49.1 Å². The van der Waals surface area contributed by atoms with Gasteiger partial charge in [0, 0.05) is 39.3 Å². The molecule has 0 amide bonds. The summed E-state index contributed by atoms with van der Waals surface area (Å²) in [6.07, 6.45) is 2.14. The molecule has 0 saturated carbocycles. The Hall–Kier alpha value is -0.790. The van der Waals surface area contributed by atoms with E-state index < -0.39 is 0 Å². The molecule has 0 spiro atoms. The van der Waals surface area contributed by atoms with Crippen LogP contribution in [0.3, 0.4) is 0 Å². The van der Waals surface area contributed by atoms with Crippen molar-refractivity contribution in [2.45, 2.75) is 0 Å². The Labute approximate surface area is 67.2 Å². The van der Waals surface area contributed by atoms with Crippen LogP contribution in [0.25, 0.3) is 0 Å². The number of nitrogens with zero attached hydrogens (tertiary/aromatic N) is 3. The molecule has 2 N–H and O–H groups in total. The van der Waals surface area contributed by atoms with Crippen molar-refractivity contribution in [3.8, 4) is 6.19 Å². The SMILES string of the molecule is N#CN1CCN(CCN)CC1. The van der Waals surface area contributed by atoms with Crippen molar-refractivity contribution in [1.29, 1.82) is 5.26 Å². The zero-order valence-corrected chi connectivity index (χ0v) is 6.66. The number of piperazine rings is 1. The average molecular weight is 154 g/mol. The molecule has 0 aromatic heterocycles. The molecule has 0 radical (unpaired) electrons. The standard InChI is InChI=1S/C7H14N4/c8-1-2-10-3-5-11(7-9)6-4-10/h1-6,8H2. The van der Waals surface area contributed by atoms with Gasteiger partial charge in [-0.1, -0.05) is 0 Å². The molecule has 1 fully saturated rings. The zero-order valence-electron chi connectivity index (χ0n) is 6.66. The minimum Gasteiger partial charge on any atom is -0.329 e. The summed E-state index contributed by atoms with van der Waals surface area (Å²) in [4.78, 5) is 4.07. The van der Waals surface area contributed by atoms with E-state index in [1.807, 2.05) is 0 Å². The van der Waals surface area contributed by atoms with Crippen molar-refractivity contribution < 1.29 is 0 Å². The maximum Gasteiger partial charge on any atom is 0.179 e. The molecule has 0 aliphatic carbocycles. The molecule has 1 aliphatic heterocycles. The summed E-state index contributed by atoms with van der Waals surface area (Å²) in [6.45, 7) is 5.34. The number of hydrogen-bond acceptors (Lipinski definition) is 4. The smallest absolute Gasteiger partial charge is 0.179 e. The van der Waals surface area contributed by atoms with Crippen LogP contribution in [0, 0.1) is 11.5 Å². The summed E-state index contributed by atoms with van der Waals surface area (Å²) in [6, 6.07) is 0. The summed E-state index contributed by atoms with van der Waals surface area (Å²) in [5.41, 5.74) is 5.41. The quantitative estimate of drug-likeness (QED) is 0.521. The number of nitrogens with two attached hydrogens (primary N) is 1. The fraction of sp³-hybridized carbons (Fsp3) is 0.857. The van der Waals surface area contributed by atoms with E-state index in [4.69, 9.17) is 11.0 Å². The molecule has 1 saturated heterocycles. The summed E-state index contributed by atoms with van der Waals surface area (Å²) in [5.74, 6) is 0. The van der Waals surface area contributed by atoms with Crippen molar-refractivity contribution >= 4 is 0 Å². The van der Waals surface area contributed by atoms with Gasteiger partial charge in [-0.25, -0.2) is 0 Å². The second-order valence-corrected chi connectivity index (χ2v) is 2.72. The minimum atomic E-state index is 0.715. The van der Waals surface area contributed by atoms with Crippen LogP contribution < -0.4 is 5.73 Å².